The monoisotopic (exact) mass is 303 g/mol. The molecule has 0 aliphatic heterocycles. The third-order valence-electron chi connectivity index (χ3n) is 3.10. The fraction of sp³-hybridized carbons (Fsp3) is 0. The van der Waals surface area contributed by atoms with Gasteiger partial charge < -0.3 is 0 Å². The van der Waals surface area contributed by atoms with Gasteiger partial charge in [0, 0.05) is 11.8 Å². The number of aromatic nitrogens is 3. The standard InChI is InChI=1S/C14H7ClFN3S/c15-13-5-12-11(6-17-13)19-7-10(18-14(19)20-12)8-3-1-2-4-9(8)16/h1-7H. The summed E-state index contributed by atoms with van der Waals surface area (Å²) in [5.41, 5.74) is 2.04. The van der Waals surface area contributed by atoms with Gasteiger partial charge in [0.15, 0.2) is 4.96 Å². The number of imidazole rings is 1. The van der Waals surface area contributed by atoms with E-state index in [-0.39, 0.29) is 5.82 Å². The summed E-state index contributed by atoms with van der Waals surface area (Å²) >= 11 is 7.38. The van der Waals surface area contributed by atoms with Gasteiger partial charge in [0.1, 0.15) is 11.0 Å². The zero-order chi connectivity index (χ0) is 13.7. The lowest BCUT2D eigenvalue weighted by molar-refractivity contribution is 0.631. The molecule has 0 saturated carbocycles. The smallest absolute Gasteiger partial charge is 0.195 e. The van der Waals surface area contributed by atoms with Crippen LogP contribution >= 0.6 is 22.9 Å². The third-order valence-corrected chi connectivity index (χ3v) is 4.32. The minimum absolute atomic E-state index is 0.274. The molecule has 0 radical (unpaired) electrons. The van der Waals surface area contributed by atoms with Crippen LogP contribution in [0.5, 0.6) is 0 Å². The zero-order valence-electron chi connectivity index (χ0n) is 10.0. The average molecular weight is 304 g/mol. The Labute approximate surface area is 122 Å². The molecule has 98 valence electrons. The fourth-order valence-corrected chi connectivity index (χ4v) is 3.41. The van der Waals surface area contributed by atoms with Crippen LogP contribution in [0.3, 0.4) is 0 Å². The normalized spacial score (nSPS) is 11.5. The van der Waals surface area contributed by atoms with E-state index in [9.17, 15) is 4.39 Å². The van der Waals surface area contributed by atoms with Gasteiger partial charge in [0.2, 0.25) is 0 Å². The number of pyridine rings is 1. The van der Waals surface area contributed by atoms with Crippen molar-refractivity contribution in [3.63, 3.8) is 0 Å². The predicted molar refractivity (Wildman–Crippen MR) is 78.8 cm³/mol. The number of hydrogen-bond acceptors (Lipinski definition) is 3. The van der Waals surface area contributed by atoms with Crippen LogP contribution in [-0.4, -0.2) is 14.4 Å². The van der Waals surface area contributed by atoms with Crippen LogP contribution in [0.1, 0.15) is 0 Å². The first-order chi connectivity index (χ1) is 9.72. The Kier molecular flexibility index (Phi) is 2.52. The number of thiazole rings is 1. The first-order valence-corrected chi connectivity index (χ1v) is 7.10. The number of halogens is 2. The van der Waals surface area contributed by atoms with Crippen molar-refractivity contribution in [3.8, 4) is 11.3 Å². The first kappa shape index (κ1) is 11.8. The van der Waals surface area contributed by atoms with Crippen molar-refractivity contribution in [1.29, 1.82) is 0 Å². The SMILES string of the molecule is Fc1ccccc1-c1cn2c(n1)sc1cc(Cl)ncc12. The Morgan fingerprint density at radius 2 is 2.10 bits per heavy atom. The summed E-state index contributed by atoms with van der Waals surface area (Å²) < 4.78 is 16.7. The topological polar surface area (TPSA) is 30.2 Å². The molecule has 6 heteroatoms. The minimum Gasteiger partial charge on any atom is -0.288 e. The predicted octanol–water partition coefficient (Wildman–Crippen LogP) is 4.40. The zero-order valence-corrected chi connectivity index (χ0v) is 11.6. The molecule has 0 aliphatic rings. The third kappa shape index (κ3) is 1.71. The van der Waals surface area contributed by atoms with E-state index in [4.69, 9.17) is 11.6 Å². The molecule has 0 spiro atoms. The Bertz CT molecular complexity index is 944. The summed E-state index contributed by atoms with van der Waals surface area (Å²) in [6.07, 6.45) is 3.52. The number of benzene rings is 1. The second-order valence-electron chi connectivity index (χ2n) is 4.34. The molecule has 3 aromatic heterocycles. The summed E-state index contributed by atoms with van der Waals surface area (Å²) in [5, 5.41) is 0.455. The van der Waals surface area contributed by atoms with E-state index < -0.39 is 0 Å². The molecule has 20 heavy (non-hydrogen) atoms. The van der Waals surface area contributed by atoms with Crippen LogP contribution in [0.2, 0.25) is 5.15 Å². The van der Waals surface area contributed by atoms with Gasteiger partial charge in [-0.25, -0.2) is 14.4 Å². The number of nitrogens with zero attached hydrogens (tertiary/aromatic N) is 3. The highest BCUT2D eigenvalue weighted by molar-refractivity contribution is 7.23. The van der Waals surface area contributed by atoms with Crippen molar-refractivity contribution in [1.82, 2.24) is 14.4 Å². The molecule has 1 aromatic carbocycles. The molecule has 3 nitrogen and oxygen atoms in total. The molecular weight excluding hydrogens is 297 g/mol. The molecule has 0 N–H and O–H groups in total. The van der Waals surface area contributed by atoms with Crippen molar-refractivity contribution >= 4 is 38.1 Å². The van der Waals surface area contributed by atoms with E-state index in [2.05, 4.69) is 9.97 Å². The molecule has 0 amide bonds. The fourth-order valence-electron chi connectivity index (χ4n) is 2.17. The number of fused-ring (bicyclic) bond motifs is 3. The Hall–Kier alpha value is -1.98. The van der Waals surface area contributed by atoms with E-state index in [1.54, 1.807) is 30.5 Å². The molecular formula is C14H7ClFN3S. The second kappa shape index (κ2) is 4.26. The van der Waals surface area contributed by atoms with Crippen LogP contribution in [0.4, 0.5) is 4.39 Å². The van der Waals surface area contributed by atoms with Crippen LogP contribution < -0.4 is 0 Å². The largest absolute Gasteiger partial charge is 0.288 e. The number of rotatable bonds is 1. The van der Waals surface area contributed by atoms with E-state index >= 15 is 0 Å². The molecule has 0 aliphatic carbocycles. The van der Waals surface area contributed by atoms with Gasteiger partial charge >= 0.3 is 0 Å². The lowest BCUT2D eigenvalue weighted by Crippen LogP contribution is -1.83. The second-order valence-corrected chi connectivity index (χ2v) is 5.73. The molecule has 0 fully saturated rings. The minimum atomic E-state index is -0.274. The number of hydrogen-bond donors (Lipinski definition) is 0. The lowest BCUT2D eigenvalue weighted by atomic mass is 10.1. The van der Waals surface area contributed by atoms with Crippen molar-refractivity contribution in [2.24, 2.45) is 0 Å². The van der Waals surface area contributed by atoms with E-state index in [0.29, 0.717) is 16.4 Å². The molecule has 0 atom stereocenters. The molecule has 0 saturated heterocycles. The van der Waals surface area contributed by atoms with Crippen LogP contribution in [0.25, 0.3) is 26.4 Å². The maximum atomic E-state index is 13.8. The molecule has 0 unspecified atom stereocenters. The van der Waals surface area contributed by atoms with Gasteiger partial charge in [-0.2, -0.15) is 0 Å². The summed E-state index contributed by atoms with van der Waals surface area (Å²) in [5.74, 6) is -0.274. The molecule has 4 aromatic rings. The Morgan fingerprint density at radius 3 is 2.95 bits per heavy atom. The maximum Gasteiger partial charge on any atom is 0.195 e. The first-order valence-electron chi connectivity index (χ1n) is 5.90. The van der Waals surface area contributed by atoms with Crippen molar-refractivity contribution in [3.05, 3.63) is 53.7 Å². The van der Waals surface area contributed by atoms with Gasteiger partial charge in [-0.05, 0) is 18.2 Å². The molecule has 3 heterocycles. The highest BCUT2D eigenvalue weighted by Crippen LogP contribution is 2.30. The molecule has 4 rings (SSSR count). The highest BCUT2D eigenvalue weighted by Gasteiger charge is 2.13. The average Bonchev–Trinajstić information content (AvgIpc) is 2.96. The van der Waals surface area contributed by atoms with Crippen LogP contribution in [0.15, 0.2) is 42.7 Å². The Balaban J connectivity index is 1.98. The summed E-state index contributed by atoms with van der Waals surface area (Å²) in [7, 11) is 0. The van der Waals surface area contributed by atoms with Crippen LogP contribution in [-0.2, 0) is 0 Å². The summed E-state index contributed by atoms with van der Waals surface area (Å²) in [4.78, 5) is 9.35. The van der Waals surface area contributed by atoms with E-state index in [0.717, 1.165) is 15.2 Å². The van der Waals surface area contributed by atoms with Gasteiger partial charge in [-0.15, -0.1) is 0 Å². The van der Waals surface area contributed by atoms with Crippen molar-refractivity contribution in [2.75, 3.05) is 0 Å². The van der Waals surface area contributed by atoms with Gasteiger partial charge in [-0.3, -0.25) is 4.40 Å². The van der Waals surface area contributed by atoms with E-state index in [1.165, 1.54) is 17.4 Å². The summed E-state index contributed by atoms with van der Waals surface area (Å²) in [6, 6.07) is 8.42. The lowest BCUT2D eigenvalue weighted by Gasteiger charge is -1.97. The van der Waals surface area contributed by atoms with Gasteiger partial charge in [-0.1, -0.05) is 35.1 Å². The van der Waals surface area contributed by atoms with Gasteiger partial charge in [0.25, 0.3) is 0 Å². The van der Waals surface area contributed by atoms with E-state index in [1.807, 2.05) is 10.6 Å². The quantitative estimate of drug-likeness (QED) is 0.488. The van der Waals surface area contributed by atoms with Crippen molar-refractivity contribution in [2.45, 2.75) is 0 Å². The van der Waals surface area contributed by atoms with Crippen LogP contribution in [0, 0.1) is 5.82 Å². The summed E-state index contributed by atoms with van der Waals surface area (Å²) in [6.45, 7) is 0. The maximum absolute atomic E-state index is 13.8. The highest BCUT2D eigenvalue weighted by atomic mass is 35.5. The molecule has 0 bridgehead atoms. The van der Waals surface area contributed by atoms with Crippen molar-refractivity contribution < 1.29 is 4.39 Å². The van der Waals surface area contributed by atoms with Gasteiger partial charge in [0.05, 0.1) is 22.1 Å². The Morgan fingerprint density at radius 1 is 1.25 bits per heavy atom.